The summed E-state index contributed by atoms with van der Waals surface area (Å²) in [7, 11) is -3.78. The summed E-state index contributed by atoms with van der Waals surface area (Å²) < 4.78 is 27.0. The smallest absolute Gasteiger partial charge is 0.241 e. The molecule has 0 spiro atoms. The number of carbonyl (C=O) groups excluding carboxylic acids is 1. The van der Waals surface area contributed by atoms with E-state index in [9.17, 15) is 13.2 Å². The minimum Gasteiger partial charge on any atom is -0.324 e. The van der Waals surface area contributed by atoms with Gasteiger partial charge in [0.1, 0.15) is 0 Å². The van der Waals surface area contributed by atoms with Gasteiger partial charge in [0, 0.05) is 5.02 Å². The van der Waals surface area contributed by atoms with Crippen molar-refractivity contribution >= 4 is 44.8 Å². The van der Waals surface area contributed by atoms with Gasteiger partial charge in [0.2, 0.25) is 15.9 Å². The van der Waals surface area contributed by atoms with Gasteiger partial charge in [-0.3, -0.25) is 4.79 Å². The van der Waals surface area contributed by atoms with Gasteiger partial charge in [0.05, 0.1) is 22.2 Å². The zero-order valence-electron chi connectivity index (χ0n) is 13.1. The lowest BCUT2D eigenvalue weighted by Gasteiger charge is -2.11. The van der Waals surface area contributed by atoms with E-state index >= 15 is 0 Å². The molecule has 1 amide bonds. The van der Waals surface area contributed by atoms with Gasteiger partial charge in [-0.1, -0.05) is 35.3 Å². The van der Waals surface area contributed by atoms with Crippen molar-refractivity contribution in [3.63, 3.8) is 0 Å². The Labute approximate surface area is 151 Å². The van der Waals surface area contributed by atoms with Crippen molar-refractivity contribution in [3.8, 4) is 0 Å². The van der Waals surface area contributed by atoms with Gasteiger partial charge in [-0.05, 0) is 49.2 Å². The van der Waals surface area contributed by atoms with Crippen LogP contribution in [-0.4, -0.2) is 20.9 Å². The van der Waals surface area contributed by atoms with Gasteiger partial charge in [-0.15, -0.1) is 0 Å². The van der Waals surface area contributed by atoms with Crippen LogP contribution in [0.2, 0.25) is 10.0 Å². The standard InChI is InChI=1S/C16H16Cl2N2O3S/c1-10-3-4-11(2)15(7-10)24(22,23)19-9-16(21)20-14-6-5-12(17)8-13(14)18/h3-8,19H,9H2,1-2H3,(H,20,21). The predicted molar refractivity (Wildman–Crippen MR) is 96.2 cm³/mol. The molecule has 0 saturated heterocycles. The molecule has 2 aromatic carbocycles. The SMILES string of the molecule is Cc1ccc(C)c(S(=O)(=O)NCC(=O)Nc2ccc(Cl)cc2Cl)c1. The minimum absolute atomic E-state index is 0.153. The second kappa shape index (κ2) is 7.53. The summed E-state index contributed by atoms with van der Waals surface area (Å²) >= 11 is 11.7. The highest BCUT2D eigenvalue weighted by atomic mass is 35.5. The Morgan fingerprint density at radius 3 is 2.46 bits per heavy atom. The van der Waals surface area contributed by atoms with Crippen molar-refractivity contribution in [2.45, 2.75) is 18.7 Å². The number of carbonyl (C=O) groups is 1. The first-order chi connectivity index (χ1) is 11.2. The summed E-state index contributed by atoms with van der Waals surface area (Å²) in [6, 6.07) is 9.71. The quantitative estimate of drug-likeness (QED) is 0.824. The van der Waals surface area contributed by atoms with Crippen LogP contribution in [0.1, 0.15) is 11.1 Å². The van der Waals surface area contributed by atoms with Crippen LogP contribution in [0.4, 0.5) is 5.69 Å². The lowest BCUT2D eigenvalue weighted by molar-refractivity contribution is -0.115. The molecule has 0 atom stereocenters. The Bertz CT molecular complexity index is 883. The summed E-state index contributed by atoms with van der Waals surface area (Å²) in [6.07, 6.45) is 0. The van der Waals surface area contributed by atoms with Crippen molar-refractivity contribution in [3.05, 3.63) is 57.6 Å². The van der Waals surface area contributed by atoms with Crippen LogP contribution in [-0.2, 0) is 14.8 Å². The lowest BCUT2D eigenvalue weighted by atomic mass is 10.2. The van der Waals surface area contributed by atoms with Crippen molar-refractivity contribution in [1.29, 1.82) is 0 Å². The Balaban J connectivity index is 2.06. The third-order valence-corrected chi connectivity index (χ3v) is 5.35. The monoisotopic (exact) mass is 386 g/mol. The molecule has 0 aromatic heterocycles. The van der Waals surface area contributed by atoms with Gasteiger partial charge < -0.3 is 5.32 Å². The number of anilines is 1. The molecule has 8 heteroatoms. The maximum atomic E-state index is 12.3. The number of hydrogen-bond donors (Lipinski definition) is 2. The number of amides is 1. The first kappa shape index (κ1) is 18.7. The fourth-order valence-corrected chi connectivity index (χ4v) is 3.79. The van der Waals surface area contributed by atoms with E-state index in [-0.39, 0.29) is 9.92 Å². The first-order valence-corrected chi connectivity index (χ1v) is 9.25. The molecule has 0 heterocycles. The molecule has 2 aromatic rings. The van der Waals surface area contributed by atoms with Crippen LogP contribution in [0.5, 0.6) is 0 Å². The molecular formula is C16H16Cl2N2O3S. The molecule has 0 fully saturated rings. The number of benzene rings is 2. The number of halogens is 2. The first-order valence-electron chi connectivity index (χ1n) is 7.01. The second-order valence-corrected chi connectivity index (χ2v) is 7.84. The average molecular weight is 387 g/mol. The van der Waals surface area contributed by atoms with Crippen LogP contribution in [0.3, 0.4) is 0 Å². The van der Waals surface area contributed by atoms with E-state index in [1.54, 1.807) is 38.1 Å². The molecular weight excluding hydrogens is 371 g/mol. The summed E-state index contributed by atoms with van der Waals surface area (Å²) in [6.45, 7) is 3.09. The average Bonchev–Trinajstić information content (AvgIpc) is 2.50. The van der Waals surface area contributed by atoms with Crippen molar-refractivity contribution in [2.75, 3.05) is 11.9 Å². The van der Waals surface area contributed by atoms with E-state index in [0.29, 0.717) is 16.3 Å². The fraction of sp³-hybridized carbons (Fsp3) is 0.188. The molecule has 24 heavy (non-hydrogen) atoms. The Kier molecular flexibility index (Phi) is 5.87. The molecule has 0 aliphatic heterocycles. The molecule has 0 bridgehead atoms. The van der Waals surface area contributed by atoms with E-state index in [0.717, 1.165) is 5.56 Å². The van der Waals surface area contributed by atoms with Crippen molar-refractivity contribution in [1.82, 2.24) is 4.72 Å². The molecule has 2 rings (SSSR count). The van der Waals surface area contributed by atoms with Crippen LogP contribution < -0.4 is 10.0 Å². The molecule has 0 radical (unpaired) electrons. The third-order valence-electron chi connectivity index (χ3n) is 3.26. The highest BCUT2D eigenvalue weighted by molar-refractivity contribution is 7.89. The van der Waals surface area contributed by atoms with Gasteiger partial charge in [0.25, 0.3) is 0 Å². The van der Waals surface area contributed by atoms with Crippen LogP contribution in [0.25, 0.3) is 0 Å². The van der Waals surface area contributed by atoms with Crippen LogP contribution in [0.15, 0.2) is 41.3 Å². The molecule has 0 aliphatic rings. The summed E-state index contributed by atoms with van der Waals surface area (Å²) in [5, 5.41) is 3.24. The highest BCUT2D eigenvalue weighted by Crippen LogP contribution is 2.25. The Morgan fingerprint density at radius 2 is 1.79 bits per heavy atom. The summed E-state index contributed by atoms with van der Waals surface area (Å²) in [5.41, 5.74) is 1.78. The van der Waals surface area contributed by atoms with E-state index in [4.69, 9.17) is 23.2 Å². The van der Waals surface area contributed by atoms with E-state index in [2.05, 4.69) is 10.0 Å². The Hall–Kier alpha value is -1.60. The van der Waals surface area contributed by atoms with E-state index < -0.39 is 22.5 Å². The maximum absolute atomic E-state index is 12.3. The van der Waals surface area contributed by atoms with Crippen molar-refractivity contribution in [2.24, 2.45) is 0 Å². The molecule has 5 nitrogen and oxygen atoms in total. The molecule has 2 N–H and O–H groups in total. The number of hydrogen-bond acceptors (Lipinski definition) is 3. The van der Waals surface area contributed by atoms with E-state index in [1.165, 1.54) is 6.07 Å². The number of rotatable bonds is 5. The van der Waals surface area contributed by atoms with Gasteiger partial charge in [0.15, 0.2) is 0 Å². The van der Waals surface area contributed by atoms with Crippen LogP contribution in [0, 0.1) is 13.8 Å². The molecule has 128 valence electrons. The number of aryl methyl sites for hydroxylation is 2. The largest absolute Gasteiger partial charge is 0.324 e. The molecule has 0 aliphatic carbocycles. The van der Waals surface area contributed by atoms with Gasteiger partial charge in [-0.25, -0.2) is 13.1 Å². The maximum Gasteiger partial charge on any atom is 0.241 e. The normalized spacial score (nSPS) is 11.3. The minimum atomic E-state index is -3.78. The fourth-order valence-electron chi connectivity index (χ4n) is 2.02. The van der Waals surface area contributed by atoms with E-state index in [1.807, 2.05) is 6.07 Å². The van der Waals surface area contributed by atoms with Gasteiger partial charge >= 0.3 is 0 Å². The Morgan fingerprint density at radius 1 is 1.08 bits per heavy atom. The summed E-state index contributed by atoms with van der Waals surface area (Å²) in [5.74, 6) is -0.534. The van der Waals surface area contributed by atoms with Gasteiger partial charge in [-0.2, -0.15) is 0 Å². The highest BCUT2D eigenvalue weighted by Gasteiger charge is 2.18. The third kappa shape index (κ3) is 4.70. The topological polar surface area (TPSA) is 75.3 Å². The lowest BCUT2D eigenvalue weighted by Crippen LogP contribution is -2.33. The summed E-state index contributed by atoms with van der Waals surface area (Å²) in [4.78, 5) is 12.1. The molecule has 0 saturated carbocycles. The second-order valence-electron chi connectivity index (χ2n) is 5.27. The van der Waals surface area contributed by atoms with Crippen molar-refractivity contribution < 1.29 is 13.2 Å². The predicted octanol–water partition coefficient (Wildman–Crippen LogP) is 3.53. The number of nitrogens with one attached hydrogen (secondary N) is 2. The molecule has 0 unspecified atom stereocenters. The zero-order valence-corrected chi connectivity index (χ0v) is 15.4. The zero-order chi connectivity index (χ0) is 17.9. The van der Waals surface area contributed by atoms with Crippen LogP contribution >= 0.6 is 23.2 Å². The number of sulfonamides is 1.